The summed E-state index contributed by atoms with van der Waals surface area (Å²) < 4.78 is 14.7. The van der Waals surface area contributed by atoms with Crippen LogP contribution in [0.4, 0.5) is 4.39 Å². The van der Waals surface area contributed by atoms with Gasteiger partial charge in [0.05, 0.1) is 22.5 Å². The van der Waals surface area contributed by atoms with E-state index in [-0.39, 0.29) is 23.0 Å². The van der Waals surface area contributed by atoms with Crippen molar-refractivity contribution in [3.8, 4) is 5.69 Å². The van der Waals surface area contributed by atoms with Crippen LogP contribution in [0.1, 0.15) is 35.8 Å². The maximum absolute atomic E-state index is 13.7. The molecular formula is C26H23FN4O2S2. The summed E-state index contributed by atoms with van der Waals surface area (Å²) in [5, 5.41) is 5.31. The van der Waals surface area contributed by atoms with Crippen molar-refractivity contribution >= 4 is 44.9 Å². The van der Waals surface area contributed by atoms with Gasteiger partial charge in [-0.05, 0) is 68.0 Å². The van der Waals surface area contributed by atoms with Crippen molar-refractivity contribution in [1.82, 2.24) is 15.0 Å². The largest absolute Gasteiger partial charge is 0.272 e. The highest BCUT2D eigenvalue weighted by Crippen LogP contribution is 2.35. The fraction of sp³-hybridized carbons (Fsp3) is 0.231. The lowest BCUT2D eigenvalue weighted by Gasteiger charge is -2.13. The first-order chi connectivity index (χ1) is 17.0. The van der Waals surface area contributed by atoms with Gasteiger partial charge in [0.15, 0.2) is 5.16 Å². The molecule has 0 saturated heterocycles. The Kier molecular flexibility index (Phi) is 6.79. The van der Waals surface area contributed by atoms with E-state index in [9.17, 15) is 14.0 Å². The van der Waals surface area contributed by atoms with Gasteiger partial charge in [0.1, 0.15) is 10.6 Å². The topological polar surface area (TPSA) is 76.3 Å². The number of nitrogens with zero attached hydrogens (tertiary/aromatic N) is 3. The number of thiophene rings is 1. The molecule has 2 aromatic carbocycles. The number of amides is 1. The lowest BCUT2D eigenvalue weighted by Crippen LogP contribution is -2.24. The van der Waals surface area contributed by atoms with Crippen LogP contribution >= 0.6 is 23.1 Å². The van der Waals surface area contributed by atoms with E-state index in [0.29, 0.717) is 21.8 Å². The minimum absolute atomic E-state index is 0.0378. The molecule has 0 aliphatic heterocycles. The maximum atomic E-state index is 13.7. The van der Waals surface area contributed by atoms with Crippen LogP contribution < -0.4 is 11.0 Å². The highest BCUT2D eigenvalue weighted by atomic mass is 32.2. The molecule has 35 heavy (non-hydrogen) atoms. The molecule has 0 spiro atoms. The zero-order valence-corrected chi connectivity index (χ0v) is 20.7. The summed E-state index contributed by atoms with van der Waals surface area (Å²) in [6, 6.07) is 15.3. The summed E-state index contributed by atoms with van der Waals surface area (Å²) >= 11 is 2.79. The number of halogens is 1. The highest BCUT2D eigenvalue weighted by Gasteiger charge is 2.23. The monoisotopic (exact) mass is 506 g/mol. The van der Waals surface area contributed by atoms with E-state index in [1.54, 1.807) is 35.0 Å². The van der Waals surface area contributed by atoms with Crippen LogP contribution in [0.25, 0.3) is 15.9 Å². The number of hydrogen-bond acceptors (Lipinski definition) is 6. The van der Waals surface area contributed by atoms with Gasteiger partial charge in [-0.3, -0.25) is 14.2 Å². The molecule has 1 aliphatic rings. The highest BCUT2D eigenvalue weighted by molar-refractivity contribution is 7.99. The molecular weight excluding hydrogens is 483 g/mol. The third-order valence-corrected chi connectivity index (χ3v) is 8.04. The first kappa shape index (κ1) is 23.4. The Labute approximate surface area is 209 Å². The number of hydrogen-bond donors (Lipinski definition) is 1. The minimum atomic E-state index is -0.331. The summed E-state index contributed by atoms with van der Waals surface area (Å²) in [5.41, 5.74) is 5.58. The van der Waals surface area contributed by atoms with Gasteiger partial charge in [0.25, 0.3) is 11.5 Å². The Morgan fingerprint density at radius 2 is 1.89 bits per heavy atom. The van der Waals surface area contributed by atoms with Gasteiger partial charge < -0.3 is 0 Å². The molecule has 1 amide bonds. The van der Waals surface area contributed by atoms with Gasteiger partial charge in [-0.2, -0.15) is 5.10 Å². The van der Waals surface area contributed by atoms with E-state index < -0.39 is 0 Å². The van der Waals surface area contributed by atoms with E-state index >= 15 is 0 Å². The summed E-state index contributed by atoms with van der Waals surface area (Å²) in [5.74, 6) is -0.616. The van der Waals surface area contributed by atoms with Crippen molar-refractivity contribution in [3.05, 3.63) is 86.8 Å². The van der Waals surface area contributed by atoms with Crippen LogP contribution in [0.15, 0.2) is 69.6 Å². The summed E-state index contributed by atoms with van der Waals surface area (Å²) in [4.78, 5) is 33.1. The number of fused-ring (bicyclic) bond motifs is 3. The third-order valence-electron chi connectivity index (χ3n) is 5.92. The van der Waals surface area contributed by atoms with Gasteiger partial charge in [0.2, 0.25) is 0 Å². The molecule has 0 radical (unpaired) electrons. The van der Waals surface area contributed by atoms with E-state index in [1.165, 1.54) is 28.8 Å². The Morgan fingerprint density at radius 1 is 1.14 bits per heavy atom. The molecule has 1 aliphatic carbocycles. The van der Waals surface area contributed by atoms with Crippen molar-refractivity contribution in [1.29, 1.82) is 0 Å². The van der Waals surface area contributed by atoms with Crippen molar-refractivity contribution in [3.63, 3.8) is 0 Å². The lowest BCUT2D eigenvalue weighted by molar-refractivity contribution is -0.118. The predicted octanol–water partition coefficient (Wildman–Crippen LogP) is 5.10. The van der Waals surface area contributed by atoms with E-state index in [1.807, 2.05) is 30.3 Å². The number of hydrazone groups is 1. The molecule has 6 nitrogen and oxygen atoms in total. The van der Waals surface area contributed by atoms with Gasteiger partial charge in [-0.15, -0.1) is 11.3 Å². The number of aryl methyl sites for hydroxylation is 2. The molecule has 0 unspecified atom stereocenters. The zero-order valence-electron chi connectivity index (χ0n) is 19.1. The smallest absolute Gasteiger partial charge is 0.267 e. The van der Waals surface area contributed by atoms with Crippen LogP contribution in [0, 0.1) is 5.82 Å². The molecule has 0 bridgehead atoms. The normalized spacial score (nSPS) is 13.6. The summed E-state index contributed by atoms with van der Waals surface area (Å²) in [6.45, 7) is 1.74. The maximum Gasteiger partial charge on any atom is 0.267 e. The van der Waals surface area contributed by atoms with Crippen molar-refractivity contribution in [2.75, 3.05) is 5.75 Å². The Hall–Kier alpha value is -3.30. The van der Waals surface area contributed by atoms with Crippen molar-refractivity contribution < 1.29 is 9.18 Å². The number of aromatic nitrogens is 2. The average molecular weight is 507 g/mol. The number of benzene rings is 2. The molecule has 0 atom stereocenters. The summed E-state index contributed by atoms with van der Waals surface area (Å²) in [6.07, 6.45) is 4.10. The number of rotatable bonds is 6. The van der Waals surface area contributed by atoms with Crippen molar-refractivity contribution in [2.24, 2.45) is 5.10 Å². The molecule has 4 aromatic rings. The quantitative estimate of drug-likeness (QED) is 0.171. The number of carbonyl (C=O) groups excluding carboxylic acids is 1. The standard InChI is InChI=1S/C26H23FN4O2S2/c1-16(17-11-13-18(27)14-12-17)29-30-22(32)15-34-26-28-24-23(20-9-5-6-10-21(20)35-24)25(33)31(26)19-7-3-2-4-8-19/h2-4,7-8,11-14H,5-6,9-10,15H2,1H3,(H,30,32)/b29-16+. The van der Waals surface area contributed by atoms with Crippen LogP contribution in [0.2, 0.25) is 0 Å². The fourth-order valence-corrected chi connectivity index (χ4v) is 6.26. The van der Waals surface area contributed by atoms with E-state index in [4.69, 9.17) is 4.98 Å². The number of nitrogens with one attached hydrogen (secondary N) is 1. The molecule has 5 rings (SSSR count). The van der Waals surface area contributed by atoms with Crippen molar-refractivity contribution in [2.45, 2.75) is 37.8 Å². The lowest BCUT2D eigenvalue weighted by atomic mass is 9.97. The SMILES string of the molecule is C/C(=N\NC(=O)CSc1nc2sc3c(c2c(=O)n1-c1ccccc1)CCCC3)c1ccc(F)cc1. The predicted molar refractivity (Wildman–Crippen MR) is 139 cm³/mol. The van der Waals surface area contributed by atoms with Crippen LogP contribution in [-0.2, 0) is 17.6 Å². The van der Waals surface area contributed by atoms with Gasteiger partial charge in [0, 0.05) is 4.88 Å². The Morgan fingerprint density at radius 3 is 2.66 bits per heavy atom. The zero-order chi connectivity index (χ0) is 24.4. The molecule has 0 fully saturated rings. The molecule has 1 N–H and O–H groups in total. The second-order valence-electron chi connectivity index (χ2n) is 8.29. The third kappa shape index (κ3) is 4.92. The second-order valence-corrected chi connectivity index (χ2v) is 10.3. The average Bonchev–Trinajstić information content (AvgIpc) is 3.25. The molecule has 2 heterocycles. The van der Waals surface area contributed by atoms with Crippen LogP contribution in [0.3, 0.4) is 0 Å². The summed E-state index contributed by atoms with van der Waals surface area (Å²) in [7, 11) is 0. The first-order valence-corrected chi connectivity index (χ1v) is 13.2. The van der Waals surface area contributed by atoms with E-state index in [0.717, 1.165) is 41.8 Å². The fourth-order valence-electron chi connectivity index (χ4n) is 4.15. The minimum Gasteiger partial charge on any atom is -0.272 e. The number of para-hydroxylation sites is 1. The first-order valence-electron chi connectivity index (χ1n) is 11.4. The van der Waals surface area contributed by atoms with Crippen LogP contribution in [-0.4, -0.2) is 26.9 Å². The van der Waals surface area contributed by atoms with Gasteiger partial charge in [-0.1, -0.05) is 42.1 Å². The van der Waals surface area contributed by atoms with Crippen LogP contribution in [0.5, 0.6) is 0 Å². The number of carbonyl (C=O) groups is 1. The van der Waals surface area contributed by atoms with Gasteiger partial charge >= 0.3 is 0 Å². The number of thioether (sulfide) groups is 1. The molecule has 178 valence electrons. The Balaban J connectivity index is 1.42. The molecule has 0 saturated carbocycles. The van der Waals surface area contributed by atoms with E-state index in [2.05, 4.69) is 10.5 Å². The molecule has 9 heteroatoms. The second kappa shape index (κ2) is 10.1. The molecule has 2 aromatic heterocycles. The Bertz CT molecular complexity index is 1480. The van der Waals surface area contributed by atoms with Gasteiger partial charge in [-0.25, -0.2) is 14.8 Å².